The number of alkyl halides is 1. The second-order valence-corrected chi connectivity index (χ2v) is 6.73. The SMILES string of the molecule is O=C(c1cc2ncc(Br)cn2n1)N1CCc2cc(CF)ccc2C1. The lowest BCUT2D eigenvalue weighted by Crippen LogP contribution is -2.36. The maximum Gasteiger partial charge on any atom is 0.274 e. The summed E-state index contributed by atoms with van der Waals surface area (Å²) in [4.78, 5) is 18.7. The van der Waals surface area contributed by atoms with E-state index in [1.165, 1.54) is 0 Å². The van der Waals surface area contributed by atoms with Crippen molar-refractivity contribution in [2.75, 3.05) is 6.54 Å². The molecule has 0 fully saturated rings. The first-order chi connectivity index (χ1) is 11.6. The number of rotatable bonds is 2. The summed E-state index contributed by atoms with van der Waals surface area (Å²) in [6, 6.07) is 7.27. The maximum absolute atomic E-state index is 12.8. The van der Waals surface area contributed by atoms with Crippen LogP contribution in [0.4, 0.5) is 4.39 Å². The molecule has 2 aromatic heterocycles. The fourth-order valence-corrected chi connectivity index (χ4v) is 3.28. The molecule has 122 valence electrons. The number of aromatic nitrogens is 3. The van der Waals surface area contributed by atoms with Crippen LogP contribution in [0.2, 0.25) is 0 Å². The van der Waals surface area contributed by atoms with Crippen molar-refractivity contribution in [1.29, 1.82) is 0 Å². The molecule has 0 saturated carbocycles. The van der Waals surface area contributed by atoms with Crippen LogP contribution in [0.5, 0.6) is 0 Å². The molecule has 3 aromatic rings. The zero-order valence-electron chi connectivity index (χ0n) is 12.7. The Kier molecular flexibility index (Phi) is 3.80. The predicted molar refractivity (Wildman–Crippen MR) is 90.4 cm³/mol. The summed E-state index contributed by atoms with van der Waals surface area (Å²) in [5.74, 6) is -0.114. The van der Waals surface area contributed by atoms with Gasteiger partial charge in [0.25, 0.3) is 5.91 Å². The Morgan fingerprint density at radius 1 is 1.29 bits per heavy atom. The summed E-state index contributed by atoms with van der Waals surface area (Å²) in [6.07, 6.45) is 4.17. The molecule has 1 aliphatic rings. The van der Waals surface area contributed by atoms with Crippen LogP contribution in [0.15, 0.2) is 41.1 Å². The van der Waals surface area contributed by atoms with Gasteiger partial charge in [-0.25, -0.2) is 13.9 Å². The molecule has 5 nitrogen and oxygen atoms in total. The number of amides is 1. The average Bonchev–Trinajstić information content (AvgIpc) is 3.03. The molecule has 0 N–H and O–H groups in total. The number of hydrogen-bond donors (Lipinski definition) is 0. The lowest BCUT2D eigenvalue weighted by atomic mass is 9.97. The highest BCUT2D eigenvalue weighted by Crippen LogP contribution is 2.22. The van der Waals surface area contributed by atoms with E-state index in [0.29, 0.717) is 30.0 Å². The van der Waals surface area contributed by atoms with E-state index in [2.05, 4.69) is 26.0 Å². The van der Waals surface area contributed by atoms with E-state index in [-0.39, 0.29) is 5.91 Å². The predicted octanol–water partition coefficient (Wildman–Crippen LogP) is 3.16. The second kappa shape index (κ2) is 5.98. The van der Waals surface area contributed by atoms with Gasteiger partial charge in [-0.15, -0.1) is 0 Å². The molecule has 3 heterocycles. The fraction of sp³-hybridized carbons (Fsp3) is 0.235. The summed E-state index contributed by atoms with van der Waals surface area (Å²) in [5, 5.41) is 4.32. The van der Waals surface area contributed by atoms with Crippen LogP contribution in [0.3, 0.4) is 0 Å². The van der Waals surface area contributed by atoms with Gasteiger partial charge < -0.3 is 4.90 Å². The topological polar surface area (TPSA) is 50.5 Å². The Labute approximate surface area is 146 Å². The number of fused-ring (bicyclic) bond motifs is 2. The molecule has 1 aliphatic heterocycles. The fourth-order valence-electron chi connectivity index (χ4n) is 2.98. The normalized spacial score (nSPS) is 14.0. The third kappa shape index (κ3) is 2.69. The first kappa shape index (κ1) is 15.3. The van der Waals surface area contributed by atoms with E-state index in [4.69, 9.17) is 0 Å². The van der Waals surface area contributed by atoms with Crippen LogP contribution >= 0.6 is 15.9 Å². The Balaban J connectivity index is 1.60. The smallest absolute Gasteiger partial charge is 0.274 e. The van der Waals surface area contributed by atoms with Crippen molar-refractivity contribution in [2.45, 2.75) is 19.6 Å². The van der Waals surface area contributed by atoms with Crippen LogP contribution < -0.4 is 0 Å². The lowest BCUT2D eigenvalue weighted by Gasteiger charge is -2.28. The Hall–Kier alpha value is -2.28. The van der Waals surface area contributed by atoms with Gasteiger partial charge in [0.1, 0.15) is 6.67 Å². The Morgan fingerprint density at radius 3 is 3.00 bits per heavy atom. The third-order valence-corrected chi connectivity index (χ3v) is 4.63. The van der Waals surface area contributed by atoms with E-state index in [1.807, 2.05) is 12.1 Å². The third-order valence-electron chi connectivity index (χ3n) is 4.23. The van der Waals surface area contributed by atoms with Crippen molar-refractivity contribution in [3.63, 3.8) is 0 Å². The zero-order chi connectivity index (χ0) is 16.7. The minimum atomic E-state index is -0.459. The molecule has 0 spiro atoms. The van der Waals surface area contributed by atoms with Gasteiger partial charge in [0.15, 0.2) is 11.3 Å². The number of halogens is 2. The van der Waals surface area contributed by atoms with E-state index in [1.54, 1.807) is 33.9 Å². The molecule has 1 aromatic carbocycles. The van der Waals surface area contributed by atoms with Gasteiger partial charge in [-0.3, -0.25) is 4.79 Å². The van der Waals surface area contributed by atoms with Crippen LogP contribution in [0.1, 0.15) is 27.2 Å². The highest BCUT2D eigenvalue weighted by molar-refractivity contribution is 9.10. The van der Waals surface area contributed by atoms with Crippen molar-refractivity contribution in [1.82, 2.24) is 19.5 Å². The highest BCUT2D eigenvalue weighted by atomic mass is 79.9. The first-order valence-corrected chi connectivity index (χ1v) is 8.40. The van der Waals surface area contributed by atoms with Crippen molar-refractivity contribution < 1.29 is 9.18 Å². The summed E-state index contributed by atoms with van der Waals surface area (Å²) >= 11 is 3.34. The molecule has 1 amide bonds. The summed E-state index contributed by atoms with van der Waals surface area (Å²) in [7, 11) is 0. The van der Waals surface area contributed by atoms with Gasteiger partial charge in [-0.1, -0.05) is 18.2 Å². The van der Waals surface area contributed by atoms with Gasteiger partial charge in [-0.2, -0.15) is 5.10 Å². The van der Waals surface area contributed by atoms with E-state index < -0.39 is 6.67 Å². The number of benzene rings is 1. The van der Waals surface area contributed by atoms with Crippen molar-refractivity contribution >= 4 is 27.5 Å². The summed E-state index contributed by atoms with van der Waals surface area (Å²) in [5.41, 5.74) is 3.88. The standard InChI is InChI=1S/C17H14BrFN4O/c18-14-8-20-16-6-15(21-23(16)10-14)17(24)22-4-3-12-5-11(7-19)1-2-13(12)9-22/h1-2,5-6,8,10H,3-4,7,9H2. The number of hydrogen-bond acceptors (Lipinski definition) is 3. The van der Waals surface area contributed by atoms with Gasteiger partial charge in [0.2, 0.25) is 0 Å². The van der Waals surface area contributed by atoms with Gasteiger partial charge in [0, 0.05) is 31.5 Å². The van der Waals surface area contributed by atoms with Crippen molar-refractivity contribution in [3.05, 3.63) is 63.5 Å². The minimum Gasteiger partial charge on any atom is -0.333 e. The molecule has 24 heavy (non-hydrogen) atoms. The highest BCUT2D eigenvalue weighted by Gasteiger charge is 2.24. The number of nitrogens with zero attached hydrogens (tertiary/aromatic N) is 4. The molecular weight excluding hydrogens is 375 g/mol. The Bertz CT molecular complexity index is 939. The van der Waals surface area contributed by atoms with Gasteiger partial charge in [0.05, 0.1) is 4.47 Å². The molecule has 4 rings (SSSR count). The van der Waals surface area contributed by atoms with Crippen LogP contribution in [0.25, 0.3) is 5.65 Å². The summed E-state index contributed by atoms with van der Waals surface area (Å²) in [6.45, 7) is 0.665. The molecule has 0 saturated heterocycles. The van der Waals surface area contributed by atoms with Crippen LogP contribution in [-0.2, 0) is 19.6 Å². The van der Waals surface area contributed by atoms with E-state index in [9.17, 15) is 9.18 Å². The summed E-state index contributed by atoms with van der Waals surface area (Å²) < 4.78 is 15.2. The lowest BCUT2D eigenvalue weighted by molar-refractivity contribution is 0.0728. The zero-order valence-corrected chi connectivity index (χ0v) is 14.3. The largest absolute Gasteiger partial charge is 0.333 e. The average molecular weight is 389 g/mol. The minimum absolute atomic E-state index is 0.114. The Morgan fingerprint density at radius 2 is 2.17 bits per heavy atom. The molecule has 0 aliphatic carbocycles. The molecule has 0 radical (unpaired) electrons. The van der Waals surface area contributed by atoms with Crippen molar-refractivity contribution in [3.8, 4) is 0 Å². The second-order valence-electron chi connectivity index (χ2n) is 5.82. The maximum atomic E-state index is 12.8. The van der Waals surface area contributed by atoms with Crippen LogP contribution in [0, 0.1) is 0 Å². The van der Waals surface area contributed by atoms with Crippen molar-refractivity contribution in [2.24, 2.45) is 0 Å². The molecule has 0 unspecified atom stereocenters. The van der Waals surface area contributed by atoms with Crippen LogP contribution in [-0.4, -0.2) is 31.9 Å². The van der Waals surface area contributed by atoms with E-state index >= 15 is 0 Å². The quantitative estimate of drug-likeness (QED) is 0.677. The molecule has 7 heteroatoms. The van der Waals surface area contributed by atoms with E-state index in [0.717, 1.165) is 22.0 Å². The first-order valence-electron chi connectivity index (χ1n) is 7.61. The molecule has 0 atom stereocenters. The molecule has 0 bridgehead atoms. The monoisotopic (exact) mass is 388 g/mol. The number of carbonyl (C=O) groups is 1. The molecular formula is C17H14BrFN4O. The van der Waals surface area contributed by atoms with Gasteiger partial charge in [-0.05, 0) is 39.0 Å². The van der Waals surface area contributed by atoms with Gasteiger partial charge >= 0.3 is 0 Å². The number of carbonyl (C=O) groups excluding carboxylic acids is 1.